The largest absolute Gasteiger partial charge is 0.480 e. The number of hydrogen-bond donors (Lipinski definition) is 2. The Kier molecular flexibility index (Phi) is 4.92. The molecule has 0 aromatic heterocycles. The molecule has 0 aliphatic carbocycles. The molecule has 0 aliphatic rings. The van der Waals surface area contributed by atoms with Crippen molar-refractivity contribution in [3.05, 3.63) is 29.8 Å². The lowest BCUT2D eigenvalue weighted by Gasteiger charge is -2.25. The van der Waals surface area contributed by atoms with Crippen LogP contribution in [0.15, 0.2) is 24.3 Å². The van der Waals surface area contributed by atoms with Crippen LogP contribution in [-0.2, 0) is 16.0 Å². The summed E-state index contributed by atoms with van der Waals surface area (Å²) >= 11 is 0. The summed E-state index contributed by atoms with van der Waals surface area (Å²) in [5, 5.41) is 10.8. The van der Waals surface area contributed by atoms with Gasteiger partial charge in [-0.25, -0.2) is 0 Å². The molecule has 5 nitrogen and oxygen atoms in total. The van der Waals surface area contributed by atoms with Crippen LogP contribution in [0.5, 0.6) is 5.75 Å². The van der Waals surface area contributed by atoms with Crippen LogP contribution in [-0.4, -0.2) is 29.1 Å². The predicted molar refractivity (Wildman–Crippen MR) is 71.2 cm³/mol. The van der Waals surface area contributed by atoms with Gasteiger partial charge in [0.25, 0.3) is 5.91 Å². The van der Waals surface area contributed by atoms with Crippen LogP contribution in [0.2, 0.25) is 0 Å². The number of rotatable bonds is 6. The first-order valence-electron chi connectivity index (χ1n) is 6.13. The number of ether oxygens (including phenoxy) is 1. The fourth-order valence-corrected chi connectivity index (χ4v) is 1.50. The van der Waals surface area contributed by atoms with Crippen LogP contribution in [0.25, 0.3) is 0 Å². The molecule has 0 bridgehead atoms. The summed E-state index contributed by atoms with van der Waals surface area (Å²) in [6.07, 6.45) is 0.933. The van der Waals surface area contributed by atoms with Crippen molar-refractivity contribution in [3.63, 3.8) is 0 Å². The SMILES string of the molecule is CCc1ccc(OC(C)(C)C(=O)NCC(=O)O)cc1. The number of aliphatic carboxylic acids is 1. The van der Waals surface area contributed by atoms with E-state index in [4.69, 9.17) is 9.84 Å². The van der Waals surface area contributed by atoms with Crippen molar-refractivity contribution in [2.24, 2.45) is 0 Å². The number of carboxylic acid groups (broad SMARTS) is 1. The van der Waals surface area contributed by atoms with Gasteiger partial charge in [0.05, 0.1) is 0 Å². The van der Waals surface area contributed by atoms with Crippen molar-refractivity contribution in [1.82, 2.24) is 5.32 Å². The van der Waals surface area contributed by atoms with E-state index in [0.29, 0.717) is 5.75 Å². The Morgan fingerprint density at radius 1 is 1.26 bits per heavy atom. The first-order chi connectivity index (χ1) is 8.85. The monoisotopic (exact) mass is 265 g/mol. The summed E-state index contributed by atoms with van der Waals surface area (Å²) in [4.78, 5) is 22.2. The normalized spacial score (nSPS) is 10.9. The zero-order valence-corrected chi connectivity index (χ0v) is 11.4. The van der Waals surface area contributed by atoms with Gasteiger partial charge in [-0.3, -0.25) is 9.59 Å². The number of carbonyl (C=O) groups excluding carboxylic acids is 1. The quantitative estimate of drug-likeness (QED) is 0.819. The minimum atomic E-state index is -1.12. The van der Waals surface area contributed by atoms with E-state index >= 15 is 0 Å². The average molecular weight is 265 g/mol. The highest BCUT2D eigenvalue weighted by atomic mass is 16.5. The van der Waals surface area contributed by atoms with Gasteiger partial charge in [-0.1, -0.05) is 19.1 Å². The lowest BCUT2D eigenvalue weighted by molar-refractivity contribution is -0.141. The van der Waals surface area contributed by atoms with Crippen LogP contribution in [0.1, 0.15) is 26.3 Å². The standard InChI is InChI=1S/C14H19NO4/c1-4-10-5-7-11(8-6-10)19-14(2,3)13(18)15-9-12(16)17/h5-8H,4,9H2,1-3H3,(H,15,18)(H,16,17). The minimum absolute atomic E-state index is 0.416. The van der Waals surface area contributed by atoms with E-state index in [2.05, 4.69) is 12.2 Å². The second-order valence-electron chi connectivity index (χ2n) is 4.69. The summed E-state index contributed by atoms with van der Waals surface area (Å²) in [5.41, 5.74) is 0.0592. The van der Waals surface area contributed by atoms with Crippen LogP contribution < -0.4 is 10.1 Å². The van der Waals surface area contributed by atoms with E-state index in [9.17, 15) is 9.59 Å². The summed E-state index contributed by atoms with van der Waals surface area (Å²) in [5.74, 6) is -0.974. The Balaban J connectivity index is 2.66. The minimum Gasteiger partial charge on any atom is -0.480 e. The molecule has 0 aliphatic heterocycles. The number of aryl methyl sites for hydroxylation is 1. The summed E-state index contributed by atoms with van der Waals surface area (Å²) in [7, 11) is 0. The predicted octanol–water partition coefficient (Wildman–Crippen LogP) is 1.61. The third kappa shape index (κ3) is 4.62. The van der Waals surface area contributed by atoms with Gasteiger partial charge >= 0.3 is 5.97 Å². The molecule has 1 aromatic carbocycles. The van der Waals surface area contributed by atoms with Crippen molar-refractivity contribution in [3.8, 4) is 5.75 Å². The summed E-state index contributed by atoms with van der Waals surface area (Å²) in [6, 6.07) is 7.46. The molecule has 5 heteroatoms. The van der Waals surface area contributed by atoms with Crippen LogP contribution >= 0.6 is 0 Å². The first-order valence-corrected chi connectivity index (χ1v) is 6.13. The van der Waals surface area contributed by atoms with Crippen molar-refractivity contribution >= 4 is 11.9 Å². The molecule has 0 unspecified atom stereocenters. The molecule has 0 radical (unpaired) electrons. The van der Waals surface area contributed by atoms with Gasteiger partial charge in [-0.05, 0) is 38.0 Å². The van der Waals surface area contributed by atoms with Gasteiger partial charge in [-0.2, -0.15) is 0 Å². The summed E-state index contributed by atoms with van der Waals surface area (Å²) in [6.45, 7) is 4.83. The van der Waals surface area contributed by atoms with Crippen molar-refractivity contribution in [2.45, 2.75) is 32.8 Å². The Morgan fingerprint density at radius 3 is 2.32 bits per heavy atom. The smallest absolute Gasteiger partial charge is 0.322 e. The zero-order valence-electron chi connectivity index (χ0n) is 11.4. The van der Waals surface area contributed by atoms with Crippen molar-refractivity contribution < 1.29 is 19.4 Å². The molecule has 0 saturated carbocycles. The second kappa shape index (κ2) is 6.22. The van der Waals surface area contributed by atoms with Gasteiger partial charge in [0.1, 0.15) is 12.3 Å². The number of hydrogen-bond acceptors (Lipinski definition) is 3. The molecular formula is C14H19NO4. The Morgan fingerprint density at radius 2 is 1.84 bits per heavy atom. The maximum atomic E-state index is 11.8. The highest BCUT2D eigenvalue weighted by molar-refractivity contribution is 5.87. The number of nitrogens with one attached hydrogen (secondary N) is 1. The Bertz CT molecular complexity index is 451. The number of carboxylic acids is 1. The van der Waals surface area contributed by atoms with Gasteiger partial charge in [-0.15, -0.1) is 0 Å². The van der Waals surface area contributed by atoms with Crippen molar-refractivity contribution in [1.29, 1.82) is 0 Å². The molecule has 1 rings (SSSR count). The molecule has 0 atom stereocenters. The zero-order chi connectivity index (χ0) is 14.5. The molecule has 1 amide bonds. The van der Waals surface area contributed by atoms with E-state index in [1.54, 1.807) is 26.0 Å². The van der Waals surface area contributed by atoms with E-state index in [-0.39, 0.29) is 0 Å². The third-order valence-electron chi connectivity index (χ3n) is 2.65. The highest BCUT2D eigenvalue weighted by Gasteiger charge is 2.30. The number of amides is 1. The molecule has 0 saturated heterocycles. The molecule has 104 valence electrons. The van der Waals surface area contributed by atoms with E-state index < -0.39 is 24.0 Å². The molecule has 19 heavy (non-hydrogen) atoms. The molecule has 0 heterocycles. The fourth-order valence-electron chi connectivity index (χ4n) is 1.50. The molecule has 0 spiro atoms. The molecular weight excluding hydrogens is 246 g/mol. The highest BCUT2D eigenvalue weighted by Crippen LogP contribution is 2.19. The molecule has 2 N–H and O–H groups in total. The van der Waals surface area contributed by atoms with Crippen molar-refractivity contribution in [2.75, 3.05) is 6.54 Å². The molecule has 1 aromatic rings. The number of benzene rings is 1. The maximum absolute atomic E-state index is 11.8. The fraction of sp³-hybridized carbons (Fsp3) is 0.429. The lowest BCUT2D eigenvalue weighted by Crippen LogP contribution is -2.47. The van der Waals surface area contributed by atoms with Crippen LogP contribution in [0.4, 0.5) is 0 Å². The van der Waals surface area contributed by atoms with E-state index in [1.807, 2.05) is 12.1 Å². The maximum Gasteiger partial charge on any atom is 0.322 e. The van der Waals surface area contributed by atoms with E-state index in [1.165, 1.54) is 5.56 Å². The Labute approximate surface area is 112 Å². The second-order valence-corrected chi connectivity index (χ2v) is 4.69. The first kappa shape index (κ1) is 15.0. The molecule has 0 fully saturated rings. The number of carbonyl (C=O) groups is 2. The summed E-state index contributed by atoms with van der Waals surface area (Å²) < 4.78 is 5.59. The van der Waals surface area contributed by atoms with Gasteiger partial charge < -0.3 is 15.2 Å². The Hall–Kier alpha value is -2.04. The van der Waals surface area contributed by atoms with Gasteiger partial charge in [0.2, 0.25) is 0 Å². The van der Waals surface area contributed by atoms with Gasteiger partial charge in [0, 0.05) is 0 Å². The van der Waals surface area contributed by atoms with Gasteiger partial charge in [0.15, 0.2) is 5.60 Å². The average Bonchev–Trinajstić information content (AvgIpc) is 2.36. The topological polar surface area (TPSA) is 75.6 Å². The van der Waals surface area contributed by atoms with Crippen LogP contribution in [0.3, 0.4) is 0 Å². The van der Waals surface area contributed by atoms with E-state index in [0.717, 1.165) is 6.42 Å². The van der Waals surface area contributed by atoms with Crippen LogP contribution in [0, 0.1) is 0 Å². The third-order valence-corrected chi connectivity index (χ3v) is 2.65. The lowest BCUT2D eigenvalue weighted by atomic mass is 10.1.